The highest BCUT2D eigenvalue weighted by Gasteiger charge is 2.53. The lowest BCUT2D eigenvalue weighted by Crippen LogP contribution is -2.56. The number of benzene rings is 1. The van der Waals surface area contributed by atoms with Gasteiger partial charge in [-0.15, -0.1) is 0 Å². The van der Waals surface area contributed by atoms with E-state index in [1.165, 1.54) is 44.6 Å². The van der Waals surface area contributed by atoms with E-state index in [-0.39, 0.29) is 28.5 Å². The van der Waals surface area contributed by atoms with Crippen LogP contribution in [0.25, 0.3) is 5.69 Å². The lowest BCUT2D eigenvalue weighted by atomic mass is 9.48. The SMILES string of the molecule is Cc1cc(=O)c(C(=O)N[C@H](C)C23CC4CC(CC(C4)C2)C3)nn1-c1ccccc1. The van der Waals surface area contributed by atoms with Crippen LogP contribution in [-0.4, -0.2) is 21.7 Å². The number of aryl methyl sites for hydroxylation is 1. The van der Waals surface area contributed by atoms with Crippen LogP contribution in [-0.2, 0) is 0 Å². The molecule has 0 unspecified atom stereocenters. The Kier molecular flexibility index (Phi) is 4.37. The van der Waals surface area contributed by atoms with Crippen LogP contribution < -0.4 is 10.7 Å². The van der Waals surface area contributed by atoms with E-state index in [0.717, 1.165) is 23.4 Å². The van der Waals surface area contributed by atoms with E-state index >= 15 is 0 Å². The molecule has 0 spiro atoms. The van der Waals surface area contributed by atoms with Crippen molar-refractivity contribution in [1.82, 2.24) is 15.1 Å². The Balaban J connectivity index is 1.41. The summed E-state index contributed by atoms with van der Waals surface area (Å²) in [6.45, 7) is 3.97. The molecular formula is C24H29N3O2. The molecule has 4 bridgehead atoms. The Morgan fingerprint density at radius 2 is 1.69 bits per heavy atom. The monoisotopic (exact) mass is 391 g/mol. The first-order valence-corrected chi connectivity index (χ1v) is 10.9. The van der Waals surface area contributed by atoms with Crippen molar-refractivity contribution < 1.29 is 4.79 Å². The van der Waals surface area contributed by atoms with Gasteiger partial charge in [0.1, 0.15) is 0 Å². The highest BCUT2D eigenvalue weighted by Crippen LogP contribution is 2.61. The minimum atomic E-state index is -0.345. The minimum Gasteiger partial charge on any atom is -0.348 e. The second kappa shape index (κ2) is 6.82. The van der Waals surface area contributed by atoms with Gasteiger partial charge in [-0.25, -0.2) is 4.68 Å². The van der Waals surface area contributed by atoms with Gasteiger partial charge in [0.05, 0.1) is 5.69 Å². The largest absolute Gasteiger partial charge is 0.348 e. The Morgan fingerprint density at radius 3 is 2.28 bits per heavy atom. The number of para-hydroxylation sites is 1. The normalized spacial score (nSPS) is 30.9. The number of amides is 1. The van der Waals surface area contributed by atoms with Crippen LogP contribution in [0.2, 0.25) is 0 Å². The molecule has 0 aliphatic heterocycles. The number of aromatic nitrogens is 2. The van der Waals surface area contributed by atoms with E-state index in [1.54, 1.807) is 4.68 Å². The summed E-state index contributed by atoms with van der Waals surface area (Å²) in [6.07, 6.45) is 7.78. The highest BCUT2D eigenvalue weighted by atomic mass is 16.2. The van der Waals surface area contributed by atoms with Crippen LogP contribution in [0, 0.1) is 30.1 Å². The molecule has 1 amide bonds. The van der Waals surface area contributed by atoms with E-state index < -0.39 is 0 Å². The number of carbonyl (C=O) groups excluding carboxylic acids is 1. The predicted octanol–water partition coefficient (Wildman–Crippen LogP) is 3.88. The van der Waals surface area contributed by atoms with Gasteiger partial charge in [0.15, 0.2) is 5.69 Å². The van der Waals surface area contributed by atoms with Crippen molar-refractivity contribution in [3.05, 3.63) is 58.0 Å². The summed E-state index contributed by atoms with van der Waals surface area (Å²) < 4.78 is 1.67. The quantitative estimate of drug-likeness (QED) is 0.860. The first kappa shape index (κ1) is 18.6. The first-order chi connectivity index (χ1) is 13.9. The van der Waals surface area contributed by atoms with Gasteiger partial charge in [-0.05, 0) is 87.7 Å². The van der Waals surface area contributed by atoms with Crippen molar-refractivity contribution >= 4 is 5.91 Å². The maximum absolute atomic E-state index is 13.1. The third-order valence-corrected chi connectivity index (χ3v) is 7.68. The van der Waals surface area contributed by atoms with Gasteiger partial charge in [-0.2, -0.15) is 5.10 Å². The fourth-order valence-corrected chi connectivity index (χ4v) is 6.66. The molecule has 0 radical (unpaired) electrons. The number of rotatable bonds is 4. The van der Waals surface area contributed by atoms with Gasteiger partial charge < -0.3 is 5.32 Å². The topological polar surface area (TPSA) is 64.0 Å². The molecule has 4 aliphatic rings. The van der Waals surface area contributed by atoms with E-state index in [4.69, 9.17) is 0 Å². The summed E-state index contributed by atoms with van der Waals surface area (Å²) in [4.78, 5) is 25.6. The molecule has 152 valence electrons. The first-order valence-electron chi connectivity index (χ1n) is 10.9. The van der Waals surface area contributed by atoms with Crippen LogP contribution in [0.5, 0.6) is 0 Å². The molecule has 0 saturated heterocycles. The Bertz CT molecular complexity index is 960. The van der Waals surface area contributed by atoms with E-state index in [2.05, 4.69) is 17.3 Å². The average Bonchev–Trinajstić information content (AvgIpc) is 2.67. The summed E-state index contributed by atoms with van der Waals surface area (Å²) in [5, 5.41) is 7.61. The van der Waals surface area contributed by atoms with Gasteiger partial charge in [0.25, 0.3) is 5.91 Å². The molecule has 5 heteroatoms. The molecule has 1 N–H and O–H groups in total. The molecule has 29 heavy (non-hydrogen) atoms. The van der Waals surface area contributed by atoms with Crippen molar-refractivity contribution in [2.24, 2.45) is 23.2 Å². The summed E-state index contributed by atoms with van der Waals surface area (Å²) in [5.41, 5.74) is 1.43. The molecule has 2 aromatic rings. The van der Waals surface area contributed by atoms with Gasteiger partial charge in [-0.1, -0.05) is 18.2 Å². The van der Waals surface area contributed by atoms with E-state index in [9.17, 15) is 9.59 Å². The number of nitrogens with zero attached hydrogens (tertiary/aromatic N) is 2. The van der Waals surface area contributed by atoms with Crippen molar-refractivity contribution in [2.45, 2.75) is 58.4 Å². The molecule has 1 aromatic carbocycles. The average molecular weight is 392 g/mol. The summed E-state index contributed by atoms with van der Waals surface area (Å²) in [7, 11) is 0. The minimum absolute atomic E-state index is 0.0176. The zero-order valence-electron chi connectivity index (χ0n) is 17.2. The van der Waals surface area contributed by atoms with Gasteiger partial charge >= 0.3 is 0 Å². The lowest BCUT2D eigenvalue weighted by Gasteiger charge is -2.59. The number of nitrogens with one attached hydrogen (secondary N) is 1. The van der Waals surface area contributed by atoms with Crippen molar-refractivity contribution in [2.75, 3.05) is 0 Å². The van der Waals surface area contributed by atoms with Gasteiger partial charge in [0, 0.05) is 17.8 Å². The van der Waals surface area contributed by atoms with Crippen molar-refractivity contribution in [1.29, 1.82) is 0 Å². The fraction of sp³-hybridized carbons (Fsp3) is 0.542. The Hall–Kier alpha value is -2.43. The molecule has 1 atom stereocenters. The van der Waals surface area contributed by atoms with Crippen LogP contribution in [0.4, 0.5) is 0 Å². The number of carbonyl (C=O) groups is 1. The molecule has 4 aliphatic carbocycles. The molecule has 4 saturated carbocycles. The zero-order valence-corrected chi connectivity index (χ0v) is 17.2. The molecule has 1 heterocycles. The van der Waals surface area contributed by atoms with E-state index in [1.807, 2.05) is 37.3 Å². The van der Waals surface area contributed by atoms with E-state index in [0.29, 0.717) is 5.69 Å². The fourth-order valence-electron chi connectivity index (χ4n) is 6.66. The Morgan fingerprint density at radius 1 is 1.10 bits per heavy atom. The maximum Gasteiger partial charge on any atom is 0.276 e. The summed E-state index contributed by atoms with van der Waals surface area (Å²) in [5.74, 6) is 2.14. The highest BCUT2D eigenvalue weighted by molar-refractivity contribution is 5.92. The standard InChI is InChI=1S/C24H29N3O2/c1-15-8-21(28)22(26-27(15)20-6-4-3-5-7-20)23(29)25-16(2)24-12-17-9-18(13-24)11-19(10-17)14-24/h3-8,16-19H,9-14H2,1-2H3,(H,25,29)/t16-,17?,18?,19?,24?/m1/s1. The molecule has 4 fully saturated rings. The predicted molar refractivity (Wildman–Crippen MR) is 112 cm³/mol. The Labute approximate surface area is 171 Å². The third kappa shape index (κ3) is 3.21. The smallest absolute Gasteiger partial charge is 0.276 e. The molecular weight excluding hydrogens is 362 g/mol. The number of hydrogen-bond donors (Lipinski definition) is 1. The van der Waals surface area contributed by atoms with Crippen LogP contribution >= 0.6 is 0 Å². The maximum atomic E-state index is 13.1. The second-order valence-electron chi connectivity index (χ2n) is 9.72. The second-order valence-corrected chi connectivity index (χ2v) is 9.72. The van der Waals surface area contributed by atoms with Crippen LogP contribution in [0.3, 0.4) is 0 Å². The van der Waals surface area contributed by atoms with Gasteiger partial charge in [0.2, 0.25) is 5.43 Å². The third-order valence-electron chi connectivity index (χ3n) is 7.68. The zero-order chi connectivity index (χ0) is 20.2. The van der Waals surface area contributed by atoms with Crippen LogP contribution in [0.1, 0.15) is 61.6 Å². The number of hydrogen-bond acceptors (Lipinski definition) is 3. The summed E-state index contributed by atoms with van der Waals surface area (Å²) >= 11 is 0. The van der Waals surface area contributed by atoms with Crippen molar-refractivity contribution in [3.63, 3.8) is 0 Å². The lowest BCUT2D eigenvalue weighted by molar-refractivity contribution is -0.0688. The molecule has 6 rings (SSSR count). The van der Waals surface area contributed by atoms with Crippen LogP contribution in [0.15, 0.2) is 41.2 Å². The van der Waals surface area contributed by atoms with Gasteiger partial charge in [-0.3, -0.25) is 9.59 Å². The summed E-state index contributed by atoms with van der Waals surface area (Å²) in [6, 6.07) is 11.2. The molecule has 1 aromatic heterocycles. The van der Waals surface area contributed by atoms with Crippen molar-refractivity contribution in [3.8, 4) is 5.69 Å². The molecule has 5 nitrogen and oxygen atoms in total.